The second-order valence-corrected chi connectivity index (χ2v) is 7.33. The van der Waals surface area contributed by atoms with Gasteiger partial charge in [-0.2, -0.15) is 0 Å². The minimum atomic E-state index is -0.0734. The highest BCUT2D eigenvalue weighted by molar-refractivity contribution is 5.85. The largest absolute Gasteiger partial charge is 0.350 e. The fourth-order valence-electron chi connectivity index (χ4n) is 3.89. The summed E-state index contributed by atoms with van der Waals surface area (Å²) in [5.41, 5.74) is 1.30. The van der Waals surface area contributed by atoms with Gasteiger partial charge < -0.3 is 10.6 Å². The van der Waals surface area contributed by atoms with Crippen molar-refractivity contribution >= 4 is 11.8 Å². The Kier molecular flexibility index (Phi) is 6.45. The summed E-state index contributed by atoms with van der Waals surface area (Å²) in [4.78, 5) is 26.6. The van der Waals surface area contributed by atoms with Gasteiger partial charge in [0.2, 0.25) is 11.8 Å². The van der Waals surface area contributed by atoms with E-state index in [2.05, 4.69) is 39.8 Å². The summed E-state index contributed by atoms with van der Waals surface area (Å²) in [6.07, 6.45) is 6.38. The fraction of sp³-hybridized carbons (Fsp3) is 0.600. The van der Waals surface area contributed by atoms with Crippen LogP contribution in [0.4, 0.5) is 0 Å². The maximum absolute atomic E-state index is 12.1. The topological polar surface area (TPSA) is 61.4 Å². The molecule has 5 nitrogen and oxygen atoms in total. The summed E-state index contributed by atoms with van der Waals surface area (Å²) in [7, 11) is 0. The Labute approximate surface area is 150 Å². The molecular weight excluding hydrogens is 314 g/mol. The summed E-state index contributed by atoms with van der Waals surface area (Å²) in [6.45, 7) is 2.89. The van der Waals surface area contributed by atoms with Crippen molar-refractivity contribution in [3.05, 3.63) is 35.9 Å². The Hall–Kier alpha value is -1.88. The number of hydrogen-bond donors (Lipinski definition) is 2. The third-order valence-electron chi connectivity index (χ3n) is 5.29. The summed E-state index contributed by atoms with van der Waals surface area (Å²) in [5, 5.41) is 5.87. The maximum Gasteiger partial charge on any atom is 0.239 e. The normalized spacial score (nSPS) is 21.8. The maximum atomic E-state index is 12.1. The van der Waals surface area contributed by atoms with Crippen molar-refractivity contribution in [1.29, 1.82) is 0 Å². The molecule has 1 aromatic carbocycles. The molecule has 1 aromatic rings. The van der Waals surface area contributed by atoms with Crippen molar-refractivity contribution in [2.45, 2.75) is 51.1 Å². The molecule has 1 atom stereocenters. The SMILES string of the molecule is O=C(CNC(=O)C1CCCCC1)N[C@H]1CCN(Cc2ccccc2)C1. The third-order valence-corrected chi connectivity index (χ3v) is 5.29. The van der Waals surface area contributed by atoms with Gasteiger partial charge in [0.25, 0.3) is 0 Å². The summed E-state index contributed by atoms with van der Waals surface area (Å²) in [5.74, 6) is 0.0806. The zero-order chi connectivity index (χ0) is 17.5. The van der Waals surface area contributed by atoms with Crippen LogP contribution in [0.15, 0.2) is 30.3 Å². The van der Waals surface area contributed by atoms with E-state index in [1.54, 1.807) is 0 Å². The molecule has 0 spiro atoms. The lowest BCUT2D eigenvalue weighted by Gasteiger charge is -2.21. The van der Waals surface area contributed by atoms with E-state index in [1.807, 2.05) is 6.07 Å². The molecule has 1 saturated carbocycles. The third kappa shape index (κ3) is 5.56. The van der Waals surface area contributed by atoms with E-state index in [1.165, 1.54) is 12.0 Å². The van der Waals surface area contributed by atoms with Crippen molar-refractivity contribution < 1.29 is 9.59 Å². The van der Waals surface area contributed by atoms with E-state index in [9.17, 15) is 9.59 Å². The molecule has 3 rings (SSSR count). The molecule has 2 amide bonds. The first kappa shape index (κ1) is 17.9. The molecule has 1 aliphatic carbocycles. The van der Waals surface area contributed by atoms with Gasteiger partial charge in [-0.1, -0.05) is 49.6 Å². The Balaban J connectivity index is 1.35. The van der Waals surface area contributed by atoms with E-state index in [0.29, 0.717) is 0 Å². The first-order chi connectivity index (χ1) is 12.2. The van der Waals surface area contributed by atoms with E-state index >= 15 is 0 Å². The van der Waals surface area contributed by atoms with Crippen molar-refractivity contribution in [3.8, 4) is 0 Å². The number of likely N-dealkylation sites (tertiary alicyclic amines) is 1. The van der Waals surface area contributed by atoms with Gasteiger partial charge >= 0.3 is 0 Å². The number of nitrogens with one attached hydrogen (secondary N) is 2. The standard InChI is InChI=1S/C20H29N3O2/c24-19(13-21-20(25)17-9-5-2-6-10-17)22-18-11-12-23(15-18)14-16-7-3-1-4-8-16/h1,3-4,7-8,17-18H,2,5-6,9-15H2,(H,21,25)(H,22,24)/t18-/m0/s1. The van der Waals surface area contributed by atoms with Crippen molar-refractivity contribution in [1.82, 2.24) is 15.5 Å². The van der Waals surface area contributed by atoms with E-state index in [0.717, 1.165) is 51.7 Å². The number of carbonyl (C=O) groups is 2. The molecule has 0 aromatic heterocycles. The molecule has 25 heavy (non-hydrogen) atoms. The highest BCUT2D eigenvalue weighted by Gasteiger charge is 2.25. The van der Waals surface area contributed by atoms with Gasteiger partial charge in [-0.3, -0.25) is 14.5 Å². The Morgan fingerprint density at radius 3 is 2.56 bits per heavy atom. The van der Waals surface area contributed by atoms with Crippen LogP contribution in [0, 0.1) is 5.92 Å². The van der Waals surface area contributed by atoms with Crippen molar-refractivity contribution in [2.24, 2.45) is 5.92 Å². The molecule has 0 bridgehead atoms. The van der Waals surface area contributed by atoms with Crippen LogP contribution in [0.1, 0.15) is 44.1 Å². The minimum absolute atomic E-state index is 0.0481. The van der Waals surface area contributed by atoms with E-state index in [-0.39, 0.29) is 30.3 Å². The summed E-state index contributed by atoms with van der Waals surface area (Å²) < 4.78 is 0. The van der Waals surface area contributed by atoms with Crippen LogP contribution in [0.2, 0.25) is 0 Å². The first-order valence-corrected chi connectivity index (χ1v) is 9.54. The van der Waals surface area contributed by atoms with Gasteiger partial charge in [-0.25, -0.2) is 0 Å². The number of hydrogen-bond acceptors (Lipinski definition) is 3. The molecule has 1 aliphatic heterocycles. The molecule has 2 N–H and O–H groups in total. The second-order valence-electron chi connectivity index (χ2n) is 7.33. The number of nitrogens with zero attached hydrogens (tertiary/aromatic N) is 1. The Morgan fingerprint density at radius 2 is 1.80 bits per heavy atom. The summed E-state index contributed by atoms with van der Waals surface area (Å²) >= 11 is 0. The number of carbonyl (C=O) groups excluding carboxylic acids is 2. The molecule has 0 radical (unpaired) electrons. The fourth-order valence-corrected chi connectivity index (χ4v) is 3.89. The molecule has 0 unspecified atom stereocenters. The average molecular weight is 343 g/mol. The molecule has 2 aliphatic rings. The predicted octanol–water partition coefficient (Wildman–Crippen LogP) is 2.07. The van der Waals surface area contributed by atoms with Crippen LogP contribution < -0.4 is 10.6 Å². The molecule has 1 saturated heterocycles. The van der Waals surface area contributed by atoms with Crippen LogP contribution in [0.3, 0.4) is 0 Å². The summed E-state index contributed by atoms with van der Waals surface area (Å²) in [6, 6.07) is 10.6. The Morgan fingerprint density at radius 1 is 1.04 bits per heavy atom. The van der Waals surface area contributed by atoms with Crippen LogP contribution >= 0.6 is 0 Å². The van der Waals surface area contributed by atoms with Crippen molar-refractivity contribution in [3.63, 3.8) is 0 Å². The first-order valence-electron chi connectivity index (χ1n) is 9.54. The average Bonchev–Trinajstić information content (AvgIpc) is 3.08. The predicted molar refractivity (Wildman–Crippen MR) is 97.9 cm³/mol. The van der Waals surface area contributed by atoms with Gasteiger partial charge in [0.05, 0.1) is 6.54 Å². The van der Waals surface area contributed by atoms with E-state index < -0.39 is 0 Å². The zero-order valence-corrected chi connectivity index (χ0v) is 14.9. The Bertz CT molecular complexity index is 570. The van der Waals surface area contributed by atoms with Gasteiger partial charge in [0, 0.05) is 31.6 Å². The van der Waals surface area contributed by atoms with Crippen LogP contribution in [-0.2, 0) is 16.1 Å². The van der Waals surface area contributed by atoms with Crippen LogP contribution in [-0.4, -0.2) is 42.4 Å². The van der Waals surface area contributed by atoms with Crippen molar-refractivity contribution in [2.75, 3.05) is 19.6 Å². The van der Waals surface area contributed by atoms with Crippen LogP contribution in [0.25, 0.3) is 0 Å². The van der Waals surface area contributed by atoms with E-state index in [4.69, 9.17) is 0 Å². The van der Waals surface area contributed by atoms with Gasteiger partial charge in [-0.05, 0) is 24.8 Å². The van der Waals surface area contributed by atoms with Gasteiger partial charge in [0.15, 0.2) is 0 Å². The molecule has 5 heteroatoms. The number of rotatable bonds is 6. The highest BCUT2D eigenvalue weighted by Crippen LogP contribution is 2.23. The second kappa shape index (κ2) is 8.99. The lowest BCUT2D eigenvalue weighted by molar-refractivity contribution is -0.129. The van der Waals surface area contributed by atoms with Crippen LogP contribution in [0.5, 0.6) is 0 Å². The quantitative estimate of drug-likeness (QED) is 0.831. The smallest absolute Gasteiger partial charge is 0.239 e. The molecule has 136 valence electrons. The van der Waals surface area contributed by atoms with Gasteiger partial charge in [-0.15, -0.1) is 0 Å². The lowest BCUT2D eigenvalue weighted by Crippen LogP contribution is -2.44. The van der Waals surface area contributed by atoms with Gasteiger partial charge in [0.1, 0.15) is 0 Å². The minimum Gasteiger partial charge on any atom is -0.350 e. The number of amides is 2. The highest BCUT2D eigenvalue weighted by atomic mass is 16.2. The number of benzene rings is 1. The molecular formula is C20H29N3O2. The molecule has 1 heterocycles. The monoisotopic (exact) mass is 343 g/mol. The zero-order valence-electron chi connectivity index (χ0n) is 14.9. The lowest BCUT2D eigenvalue weighted by atomic mass is 9.89. The molecule has 2 fully saturated rings.